The Morgan fingerprint density at radius 1 is 1.41 bits per heavy atom. The van der Waals surface area contributed by atoms with Gasteiger partial charge in [0, 0.05) is 12.0 Å². The summed E-state index contributed by atoms with van der Waals surface area (Å²) in [5.74, 6) is -0.402. The Morgan fingerprint density at radius 2 is 2.18 bits per heavy atom. The minimum Gasteiger partial charge on any atom is -0.298 e. The molecule has 0 bridgehead atoms. The van der Waals surface area contributed by atoms with Crippen LogP contribution in [0.2, 0.25) is 0 Å². The topological polar surface area (TPSA) is 46.5 Å². The van der Waals surface area contributed by atoms with Crippen LogP contribution in [-0.2, 0) is 11.2 Å². The van der Waals surface area contributed by atoms with Gasteiger partial charge in [-0.3, -0.25) is 9.59 Å². The highest BCUT2D eigenvalue weighted by molar-refractivity contribution is 6.41. The molecule has 3 nitrogen and oxygen atoms in total. The van der Waals surface area contributed by atoms with Crippen molar-refractivity contribution in [3.63, 3.8) is 0 Å². The van der Waals surface area contributed by atoms with E-state index in [0.717, 1.165) is 0 Å². The van der Waals surface area contributed by atoms with Crippen LogP contribution in [0.1, 0.15) is 22.3 Å². The monoisotopic (exact) mass is 237 g/mol. The smallest absolute Gasteiger partial charge is 0.244 e. The van der Waals surface area contributed by atoms with Crippen LogP contribution >= 0.6 is 0 Å². The zero-order valence-electron chi connectivity index (χ0n) is 8.82. The molecule has 0 amide bonds. The first-order valence-electron chi connectivity index (χ1n) is 5.07. The lowest BCUT2D eigenvalue weighted by Gasteiger charge is -2.14. The van der Waals surface area contributed by atoms with Crippen LogP contribution in [0.25, 0.3) is 0 Å². The van der Waals surface area contributed by atoms with E-state index < -0.39 is 18.6 Å². The first-order valence-corrected chi connectivity index (χ1v) is 5.07. The summed E-state index contributed by atoms with van der Waals surface area (Å²) < 4.78 is 24.4. The third-order valence-electron chi connectivity index (χ3n) is 2.52. The summed E-state index contributed by atoms with van der Waals surface area (Å²) in [5, 5.41) is 0. The normalized spacial score (nSPS) is 14.5. The molecule has 0 fully saturated rings. The second kappa shape index (κ2) is 4.53. The van der Waals surface area contributed by atoms with Crippen molar-refractivity contribution in [3.8, 4) is 0 Å². The van der Waals surface area contributed by atoms with Gasteiger partial charge in [0.1, 0.15) is 6.29 Å². The molecule has 0 aromatic heterocycles. The first-order chi connectivity index (χ1) is 8.10. The van der Waals surface area contributed by atoms with Crippen LogP contribution < -0.4 is 0 Å². The highest BCUT2D eigenvalue weighted by Gasteiger charge is 2.23. The molecule has 1 aliphatic rings. The number of Topliss-reactive ketones (excluding diaryl/α,β-unsaturated/α-hetero) is 1. The fourth-order valence-electron chi connectivity index (χ4n) is 1.72. The SMILES string of the molecule is O=Cc1ccc2c(c1)CC(=O)C(CC(F)F)=N2. The van der Waals surface area contributed by atoms with E-state index in [9.17, 15) is 18.4 Å². The lowest BCUT2D eigenvalue weighted by Crippen LogP contribution is -2.22. The number of hydrogen-bond acceptors (Lipinski definition) is 3. The average Bonchev–Trinajstić information content (AvgIpc) is 2.29. The molecular formula is C12H9F2NO2. The van der Waals surface area contributed by atoms with Crippen molar-refractivity contribution < 1.29 is 18.4 Å². The fourth-order valence-corrected chi connectivity index (χ4v) is 1.72. The molecule has 17 heavy (non-hydrogen) atoms. The van der Waals surface area contributed by atoms with Gasteiger partial charge in [-0.25, -0.2) is 13.8 Å². The van der Waals surface area contributed by atoms with E-state index in [1.165, 1.54) is 0 Å². The second-order valence-corrected chi connectivity index (χ2v) is 3.76. The number of alkyl halides is 2. The molecule has 0 atom stereocenters. The Labute approximate surface area is 96.2 Å². The third kappa shape index (κ3) is 2.43. The van der Waals surface area contributed by atoms with Crippen molar-refractivity contribution >= 4 is 23.5 Å². The van der Waals surface area contributed by atoms with E-state index in [-0.39, 0.29) is 12.1 Å². The van der Waals surface area contributed by atoms with Crippen LogP contribution in [0.5, 0.6) is 0 Å². The zero-order valence-corrected chi connectivity index (χ0v) is 8.82. The van der Waals surface area contributed by atoms with E-state index in [1.807, 2.05) is 0 Å². The van der Waals surface area contributed by atoms with Crippen LogP contribution in [0, 0.1) is 0 Å². The molecule has 0 N–H and O–H groups in total. The van der Waals surface area contributed by atoms with E-state index in [2.05, 4.69) is 4.99 Å². The number of carbonyl (C=O) groups is 2. The summed E-state index contributed by atoms with van der Waals surface area (Å²) in [5.41, 5.74) is 1.46. The quantitative estimate of drug-likeness (QED) is 0.757. The summed E-state index contributed by atoms with van der Waals surface area (Å²) in [6, 6.07) is 4.67. The van der Waals surface area contributed by atoms with Gasteiger partial charge in [0.25, 0.3) is 0 Å². The number of carbonyl (C=O) groups excluding carboxylic acids is 2. The van der Waals surface area contributed by atoms with E-state index in [4.69, 9.17) is 0 Å². The molecule has 5 heteroatoms. The van der Waals surface area contributed by atoms with Crippen LogP contribution in [-0.4, -0.2) is 24.2 Å². The predicted molar refractivity (Wildman–Crippen MR) is 58.3 cm³/mol. The summed E-state index contributed by atoms with van der Waals surface area (Å²) in [6.07, 6.45) is -2.49. The van der Waals surface area contributed by atoms with Gasteiger partial charge in [-0.1, -0.05) is 0 Å². The maximum Gasteiger partial charge on any atom is 0.244 e. The van der Waals surface area contributed by atoms with Gasteiger partial charge in [0.2, 0.25) is 6.43 Å². The highest BCUT2D eigenvalue weighted by Crippen LogP contribution is 2.26. The zero-order chi connectivity index (χ0) is 12.4. The molecule has 0 aliphatic carbocycles. The Kier molecular flexibility index (Phi) is 3.08. The minimum atomic E-state index is -2.58. The van der Waals surface area contributed by atoms with Crippen molar-refractivity contribution in [1.82, 2.24) is 0 Å². The van der Waals surface area contributed by atoms with Gasteiger partial charge in [-0.15, -0.1) is 0 Å². The summed E-state index contributed by atoms with van der Waals surface area (Å²) in [7, 11) is 0. The van der Waals surface area contributed by atoms with Gasteiger partial charge in [0.05, 0.1) is 17.8 Å². The van der Waals surface area contributed by atoms with Crippen molar-refractivity contribution in [3.05, 3.63) is 29.3 Å². The van der Waals surface area contributed by atoms with Crippen molar-refractivity contribution in [2.24, 2.45) is 4.99 Å². The number of benzene rings is 1. The molecule has 1 aromatic carbocycles. The lowest BCUT2D eigenvalue weighted by molar-refractivity contribution is -0.112. The Hall–Kier alpha value is -1.91. The number of nitrogens with zero attached hydrogens (tertiary/aromatic N) is 1. The maximum atomic E-state index is 12.2. The molecule has 2 rings (SSSR count). The second-order valence-electron chi connectivity index (χ2n) is 3.76. The number of rotatable bonds is 3. The summed E-state index contributed by atoms with van der Waals surface area (Å²) >= 11 is 0. The van der Waals surface area contributed by atoms with Gasteiger partial charge < -0.3 is 0 Å². The van der Waals surface area contributed by atoms with E-state index in [1.54, 1.807) is 18.2 Å². The van der Waals surface area contributed by atoms with Gasteiger partial charge in [-0.05, 0) is 23.8 Å². The Morgan fingerprint density at radius 3 is 2.82 bits per heavy atom. The third-order valence-corrected chi connectivity index (χ3v) is 2.52. The molecule has 0 saturated carbocycles. The molecule has 1 heterocycles. The van der Waals surface area contributed by atoms with Gasteiger partial charge in [-0.2, -0.15) is 0 Å². The Balaban J connectivity index is 2.37. The predicted octanol–water partition coefficient (Wildman–Crippen LogP) is 2.35. The average molecular weight is 237 g/mol. The molecule has 88 valence electrons. The van der Waals surface area contributed by atoms with Gasteiger partial charge in [0.15, 0.2) is 5.78 Å². The highest BCUT2D eigenvalue weighted by atomic mass is 19.3. The molecule has 0 spiro atoms. The standard InChI is InChI=1S/C12H9F2NO2/c13-12(14)5-10-11(17)4-8-3-7(6-16)1-2-9(8)15-10/h1-3,6,12H,4-5H2. The molecule has 0 unspecified atom stereocenters. The van der Waals surface area contributed by atoms with Crippen molar-refractivity contribution in [1.29, 1.82) is 0 Å². The largest absolute Gasteiger partial charge is 0.298 e. The number of hydrogen-bond donors (Lipinski definition) is 0. The molecular weight excluding hydrogens is 228 g/mol. The van der Waals surface area contributed by atoms with E-state index >= 15 is 0 Å². The number of fused-ring (bicyclic) bond motifs is 1. The molecule has 1 aromatic rings. The lowest BCUT2D eigenvalue weighted by atomic mass is 9.97. The maximum absolute atomic E-state index is 12.2. The molecule has 0 saturated heterocycles. The number of aliphatic imine (C=N–C) groups is 1. The first kappa shape index (κ1) is 11.6. The van der Waals surface area contributed by atoms with Gasteiger partial charge >= 0.3 is 0 Å². The molecule has 0 radical (unpaired) electrons. The minimum absolute atomic E-state index is 0.0303. The van der Waals surface area contributed by atoms with Crippen molar-refractivity contribution in [2.45, 2.75) is 19.3 Å². The summed E-state index contributed by atoms with van der Waals surface area (Å²) in [6.45, 7) is 0. The van der Waals surface area contributed by atoms with Crippen LogP contribution in [0.3, 0.4) is 0 Å². The van der Waals surface area contributed by atoms with Crippen LogP contribution in [0.4, 0.5) is 14.5 Å². The fraction of sp³-hybridized carbons (Fsp3) is 0.250. The molecule has 1 aliphatic heterocycles. The number of ketones is 1. The van der Waals surface area contributed by atoms with Crippen molar-refractivity contribution in [2.75, 3.05) is 0 Å². The van der Waals surface area contributed by atoms with E-state index in [0.29, 0.717) is 23.1 Å². The Bertz CT molecular complexity index is 509. The van der Waals surface area contributed by atoms with Crippen LogP contribution in [0.15, 0.2) is 23.2 Å². The summed E-state index contributed by atoms with van der Waals surface area (Å²) in [4.78, 5) is 26.0. The number of aldehydes is 1. The number of halogens is 2.